The van der Waals surface area contributed by atoms with Gasteiger partial charge in [-0.15, -0.1) is 10.2 Å². The van der Waals surface area contributed by atoms with Crippen molar-refractivity contribution in [2.75, 3.05) is 19.5 Å². The summed E-state index contributed by atoms with van der Waals surface area (Å²) < 4.78 is 26.6. The van der Waals surface area contributed by atoms with Crippen LogP contribution in [0, 0.1) is 5.82 Å². The molecule has 0 aliphatic heterocycles. The zero-order chi connectivity index (χ0) is 27.1. The lowest BCUT2D eigenvalue weighted by Gasteiger charge is -2.18. The summed E-state index contributed by atoms with van der Waals surface area (Å²) in [5, 5.41) is 22.0. The highest BCUT2D eigenvalue weighted by molar-refractivity contribution is 7.99. The van der Waals surface area contributed by atoms with Gasteiger partial charge >= 0.3 is 5.97 Å². The maximum absolute atomic E-state index is 14.0. The Balaban J connectivity index is 1.42. The number of para-hydroxylation sites is 2. The van der Waals surface area contributed by atoms with Gasteiger partial charge < -0.3 is 24.9 Å². The topological polar surface area (TPSA) is 131 Å². The van der Waals surface area contributed by atoms with Crippen molar-refractivity contribution in [2.45, 2.75) is 37.2 Å². The van der Waals surface area contributed by atoms with Crippen LogP contribution in [0.1, 0.15) is 24.4 Å². The summed E-state index contributed by atoms with van der Waals surface area (Å²) in [5.41, 5.74) is 1.70. The minimum absolute atomic E-state index is 0.0412. The largest absolute Gasteiger partial charge is 0.483 e. The molecule has 0 unspecified atom stereocenters. The first-order chi connectivity index (χ1) is 18.4. The zero-order valence-corrected chi connectivity index (χ0v) is 21.7. The van der Waals surface area contributed by atoms with Crippen LogP contribution >= 0.6 is 11.8 Å². The summed E-state index contributed by atoms with van der Waals surface area (Å²) in [7, 11) is 1.57. The Kier molecular flexibility index (Phi) is 8.98. The number of fused-ring (bicyclic) bond motifs is 1. The summed E-state index contributed by atoms with van der Waals surface area (Å²) in [5.74, 6) is -1.63. The number of nitrogens with one attached hydrogen (secondary N) is 2. The molecule has 0 saturated carbocycles. The number of halogens is 1. The van der Waals surface area contributed by atoms with E-state index in [0.717, 1.165) is 28.2 Å². The van der Waals surface area contributed by atoms with E-state index in [4.69, 9.17) is 9.47 Å². The first kappa shape index (κ1) is 27.1. The molecule has 1 amide bonds. The number of aromatic nitrogens is 4. The molecule has 38 heavy (non-hydrogen) atoms. The highest BCUT2D eigenvalue weighted by Crippen LogP contribution is 2.24. The minimum Gasteiger partial charge on any atom is -0.483 e. The van der Waals surface area contributed by atoms with E-state index in [1.54, 1.807) is 30.0 Å². The zero-order valence-electron chi connectivity index (χ0n) is 20.9. The van der Waals surface area contributed by atoms with Crippen LogP contribution in [0.2, 0.25) is 0 Å². The molecule has 0 aliphatic rings. The minimum atomic E-state index is -1.13. The molecular weight excluding hydrogens is 513 g/mol. The number of nitrogens with zero attached hydrogens (tertiary/aromatic N) is 3. The number of carboxylic acids is 1. The van der Waals surface area contributed by atoms with Gasteiger partial charge in [-0.05, 0) is 30.7 Å². The molecule has 0 saturated heterocycles. The number of carbonyl (C=O) groups excluding carboxylic acids is 1. The average molecular weight is 542 g/mol. The van der Waals surface area contributed by atoms with E-state index >= 15 is 0 Å². The quantitative estimate of drug-likeness (QED) is 0.219. The van der Waals surface area contributed by atoms with Gasteiger partial charge in [0.15, 0.2) is 22.5 Å². The lowest BCUT2D eigenvalue weighted by atomic mass is 10.1. The maximum atomic E-state index is 14.0. The molecule has 2 aromatic heterocycles. The van der Waals surface area contributed by atoms with Crippen molar-refractivity contribution in [1.29, 1.82) is 0 Å². The standard InChI is InChI=1S/C26H28FN5O5S/c1-16(13-36-2)32-23(14-37-22-10-6-4-8-19(22)27)30-31-26(32)38-15-24(33)29-21(25(34)35)11-17-12-28-20-9-5-3-7-18(17)20/h3-10,12,16,21,28H,11,13-15H2,1-2H3,(H,29,33)(H,34,35)/t16-,21+/m0/s1. The van der Waals surface area contributed by atoms with Gasteiger partial charge in [0.1, 0.15) is 12.6 Å². The number of hydrogen-bond acceptors (Lipinski definition) is 7. The highest BCUT2D eigenvalue weighted by Gasteiger charge is 2.24. The van der Waals surface area contributed by atoms with Crippen molar-refractivity contribution in [2.24, 2.45) is 0 Å². The van der Waals surface area contributed by atoms with Gasteiger partial charge in [-0.25, -0.2) is 9.18 Å². The van der Waals surface area contributed by atoms with Crippen LogP contribution in [0.25, 0.3) is 10.9 Å². The first-order valence-electron chi connectivity index (χ1n) is 11.9. The maximum Gasteiger partial charge on any atom is 0.326 e. The number of rotatable bonds is 13. The van der Waals surface area contributed by atoms with E-state index in [2.05, 4.69) is 20.5 Å². The van der Waals surface area contributed by atoms with E-state index in [0.29, 0.717) is 17.6 Å². The second-order valence-electron chi connectivity index (χ2n) is 8.60. The van der Waals surface area contributed by atoms with Crippen LogP contribution in [0.4, 0.5) is 4.39 Å². The van der Waals surface area contributed by atoms with Gasteiger partial charge in [-0.2, -0.15) is 0 Å². The predicted molar refractivity (Wildman–Crippen MR) is 140 cm³/mol. The molecule has 0 radical (unpaired) electrons. The summed E-state index contributed by atoms with van der Waals surface area (Å²) in [6.45, 7) is 2.20. The Morgan fingerprint density at radius 2 is 1.95 bits per heavy atom. The van der Waals surface area contributed by atoms with Crippen LogP contribution in [-0.4, -0.2) is 62.2 Å². The Labute approximate surface area is 222 Å². The Morgan fingerprint density at radius 1 is 1.18 bits per heavy atom. The number of carbonyl (C=O) groups is 2. The van der Waals surface area contributed by atoms with Crippen LogP contribution < -0.4 is 10.1 Å². The molecule has 200 valence electrons. The Hall–Kier alpha value is -3.90. The summed E-state index contributed by atoms with van der Waals surface area (Å²) >= 11 is 1.11. The molecule has 12 heteroatoms. The number of ether oxygens (including phenoxy) is 2. The second kappa shape index (κ2) is 12.6. The fourth-order valence-electron chi connectivity index (χ4n) is 4.05. The molecule has 3 N–H and O–H groups in total. The van der Waals surface area contributed by atoms with Crippen molar-refractivity contribution in [1.82, 2.24) is 25.1 Å². The lowest BCUT2D eigenvalue weighted by molar-refractivity contribution is -0.141. The lowest BCUT2D eigenvalue weighted by Crippen LogP contribution is -2.43. The van der Waals surface area contributed by atoms with E-state index in [1.165, 1.54) is 12.1 Å². The molecule has 10 nitrogen and oxygen atoms in total. The molecule has 0 aliphatic carbocycles. The van der Waals surface area contributed by atoms with Crippen molar-refractivity contribution in [3.05, 3.63) is 71.9 Å². The van der Waals surface area contributed by atoms with Crippen LogP contribution in [0.5, 0.6) is 5.75 Å². The van der Waals surface area contributed by atoms with Gasteiger partial charge in [-0.1, -0.05) is 42.1 Å². The van der Waals surface area contributed by atoms with Crippen LogP contribution in [0.3, 0.4) is 0 Å². The van der Waals surface area contributed by atoms with E-state index in [1.807, 2.05) is 31.2 Å². The predicted octanol–water partition coefficient (Wildman–Crippen LogP) is 3.59. The third kappa shape index (κ3) is 6.50. The molecule has 2 aromatic carbocycles. The summed E-state index contributed by atoms with van der Waals surface area (Å²) in [4.78, 5) is 27.7. The van der Waals surface area contributed by atoms with Crippen molar-refractivity contribution in [3.8, 4) is 5.75 Å². The number of aliphatic carboxylic acids is 1. The smallest absolute Gasteiger partial charge is 0.326 e. The number of hydrogen-bond donors (Lipinski definition) is 3. The van der Waals surface area contributed by atoms with Crippen molar-refractivity contribution in [3.63, 3.8) is 0 Å². The second-order valence-corrected chi connectivity index (χ2v) is 9.55. The van der Waals surface area contributed by atoms with Gasteiger partial charge in [0, 0.05) is 30.6 Å². The number of carboxylic acid groups (broad SMARTS) is 1. The van der Waals surface area contributed by atoms with Crippen molar-refractivity contribution >= 4 is 34.5 Å². The highest BCUT2D eigenvalue weighted by atomic mass is 32.2. The molecule has 2 heterocycles. The fourth-order valence-corrected chi connectivity index (χ4v) is 4.92. The molecule has 4 aromatic rings. The van der Waals surface area contributed by atoms with Gasteiger partial charge in [0.05, 0.1) is 18.4 Å². The number of aromatic amines is 1. The molecule has 0 fully saturated rings. The van der Waals surface area contributed by atoms with Crippen LogP contribution in [0.15, 0.2) is 59.9 Å². The Morgan fingerprint density at radius 3 is 2.71 bits per heavy atom. The third-order valence-electron chi connectivity index (χ3n) is 5.84. The van der Waals surface area contributed by atoms with Gasteiger partial charge in [0.25, 0.3) is 0 Å². The molecular formula is C26H28FN5O5S. The third-order valence-corrected chi connectivity index (χ3v) is 6.78. The van der Waals surface area contributed by atoms with E-state index in [9.17, 15) is 19.1 Å². The van der Waals surface area contributed by atoms with E-state index < -0.39 is 23.7 Å². The SMILES string of the molecule is COC[C@H](C)n1c(COc2ccccc2F)nnc1SCC(=O)N[C@H](Cc1c[nH]c2ccccc12)C(=O)O. The summed E-state index contributed by atoms with van der Waals surface area (Å²) in [6, 6.07) is 12.3. The molecule has 4 rings (SSSR count). The molecule has 2 atom stereocenters. The normalized spacial score (nSPS) is 12.8. The monoisotopic (exact) mass is 541 g/mol. The summed E-state index contributed by atoms with van der Waals surface area (Å²) in [6.07, 6.45) is 1.89. The number of thioether (sulfide) groups is 1. The van der Waals surface area contributed by atoms with E-state index in [-0.39, 0.29) is 30.6 Å². The number of benzene rings is 2. The average Bonchev–Trinajstić information content (AvgIpc) is 3.50. The molecule has 0 spiro atoms. The fraction of sp³-hybridized carbons (Fsp3) is 0.308. The first-order valence-corrected chi connectivity index (χ1v) is 12.9. The number of amides is 1. The van der Waals surface area contributed by atoms with Crippen LogP contribution in [-0.2, 0) is 27.4 Å². The van der Waals surface area contributed by atoms with Gasteiger partial charge in [-0.3, -0.25) is 9.36 Å². The van der Waals surface area contributed by atoms with Gasteiger partial charge in [0.2, 0.25) is 5.91 Å². The molecule has 0 bridgehead atoms. The van der Waals surface area contributed by atoms with Crippen molar-refractivity contribution < 1.29 is 28.6 Å². The number of methoxy groups -OCH3 is 1. The Bertz CT molecular complexity index is 1410. The number of H-pyrrole nitrogens is 1.